The number of hydrogen-bond acceptors (Lipinski definition) is 2. The van der Waals surface area contributed by atoms with E-state index < -0.39 is 0 Å². The maximum Gasteiger partial charge on any atom is 0.255 e. The minimum atomic E-state index is 0.0254. The van der Waals surface area contributed by atoms with Gasteiger partial charge < -0.3 is 4.90 Å². The summed E-state index contributed by atoms with van der Waals surface area (Å²) < 4.78 is 0. The van der Waals surface area contributed by atoms with Gasteiger partial charge in [0, 0.05) is 18.0 Å². The molecule has 0 unspecified atom stereocenters. The van der Waals surface area contributed by atoms with E-state index >= 15 is 0 Å². The number of halogens is 1. The third kappa shape index (κ3) is 2.04. The number of benzene rings is 1. The highest BCUT2D eigenvalue weighted by Crippen LogP contribution is 2.26. The van der Waals surface area contributed by atoms with Crippen molar-refractivity contribution in [2.24, 2.45) is 0 Å². The lowest BCUT2D eigenvalue weighted by molar-refractivity contribution is 0.0736. The Morgan fingerprint density at radius 2 is 2.11 bits per heavy atom. The summed E-state index contributed by atoms with van der Waals surface area (Å²) in [4.78, 5) is 15.7. The Bertz CT molecular complexity index is 593. The highest BCUT2D eigenvalue weighted by atomic mass is 35.5. The molecule has 2 aromatic rings. The van der Waals surface area contributed by atoms with Gasteiger partial charge in [0.2, 0.25) is 0 Å². The van der Waals surface area contributed by atoms with Gasteiger partial charge in [-0.2, -0.15) is 0 Å². The number of hydrogen-bond donors (Lipinski definition) is 0. The molecule has 1 aliphatic rings. The van der Waals surface area contributed by atoms with Crippen molar-refractivity contribution in [2.75, 3.05) is 6.54 Å². The molecule has 0 bridgehead atoms. The summed E-state index contributed by atoms with van der Waals surface area (Å²) in [5, 5.41) is 2.62. The smallest absolute Gasteiger partial charge is 0.255 e. The van der Waals surface area contributed by atoms with E-state index in [1.54, 1.807) is 23.5 Å². The molecule has 2 heterocycles. The number of nitrogens with zero attached hydrogens (tertiary/aromatic N) is 1. The summed E-state index contributed by atoms with van der Waals surface area (Å²) >= 11 is 7.85. The van der Waals surface area contributed by atoms with Gasteiger partial charge in [0.25, 0.3) is 5.91 Å². The number of carbonyl (C=O) groups is 1. The zero-order valence-corrected chi connectivity index (χ0v) is 11.3. The van der Waals surface area contributed by atoms with Crippen molar-refractivity contribution in [3.05, 3.63) is 56.7 Å². The van der Waals surface area contributed by atoms with Gasteiger partial charge in [-0.25, -0.2) is 0 Å². The molecule has 0 saturated heterocycles. The quantitative estimate of drug-likeness (QED) is 0.780. The van der Waals surface area contributed by atoms with E-state index in [2.05, 4.69) is 11.4 Å². The molecule has 0 atom stereocenters. The van der Waals surface area contributed by atoms with Crippen LogP contribution in [0.1, 0.15) is 20.8 Å². The third-order valence-electron chi connectivity index (χ3n) is 3.20. The molecule has 92 valence electrons. The average Bonchev–Trinajstić information content (AvgIpc) is 2.85. The van der Waals surface area contributed by atoms with E-state index in [4.69, 9.17) is 11.6 Å². The predicted octanol–water partition coefficient (Wildman–Crippen LogP) is 3.60. The van der Waals surface area contributed by atoms with Crippen molar-refractivity contribution in [2.45, 2.75) is 13.0 Å². The van der Waals surface area contributed by atoms with Crippen molar-refractivity contribution >= 4 is 28.8 Å². The first-order valence-electron chi connectivity index (χ1n) is 5.85. The summed E-state index contributed by atoms with van der Waals surface area (Å²) in [7, 11) is 0. The van der Waals surface area contributed by atoms with E-state index in [1.165, 1.54) is 10.4 Å². The van der Waals surface area contributed by atoms with Crippen LogP contribution in [0, 0.1) is 0 Å². The molecule has 2 nitrogen and oxygen atoms in total. The van der Waals surface area contributed by atoms with Crippen LogP contribution >= 0.6 is 22.9 Å². The first kappa shape index (κ1) is 11.8. The molecule has 4 heteroatoms. The number of thiophene rings is 1. The van der Waals surface area contributed by atoms with Crippen molar-refractivity contribution in [1.82, 2.24) is 4.90 Å². The maximum absolute atomic E-state index is 12.4. The van der Waals surface area contributed by atoms with Crippen molar-refractivity contribution < 1.29 is 4.79 Å². The molecule has 18 heavy (non-hydrogen) atoms. The van der Waals surface area contributed by atoms with Gasteiger partial charge in [0.15, 0.2) is 0 Å². The topological polar surface area (TPSA) is 20.3 Å². The summed E-state index contributed by atoms with van der Waals surface area (Å²) in [6.07, 6.45) is 0.948. The molecule has 0 radical (unpaired) electrons. The Hall–Kier alpha value is -1.32. The lowest BCUT2D eigenvalue weighted by Crippen LogP contribution is -2.35. The minimum absolute atomic E-state index is 0.0254. The van der Waals surface area contributed by atoms with Gasteiger partial charge in [0.1, 0.15) is 0 Å². The Kier molecular flexibility index (Phi) is 3.10. The van der Waals surface area contributed by atoms with Gasteiger partial charge in [-0.3, -0.25) is 4.79 Å². The molecular formula is C14H12ClNOS. The van der Waals surface area contributed by atoms with E-state index in [1.807, 2.05) is 17.0 Å². The van der Waals surface area contributed by atoms with Crippen molar-refractivity contribution in [3.8, 4) is 0 Å². The Morgan fingerprint density at radius 1 is 1.28 bits per heavy atom. The standard InChI is InChI=1S/C14H12ClNOS/c15-12-4-2-1-3-11(12)14(17)16-7-5-13-10(9-16)6-8-18-13/h1-4,6,8H,5,7,9H2. The predicted molar refractivity (Wildman–Crippen MR) is 74.2 cm³/mol. The molecule has 0 fully saturated rings. The molecule has 1 amide bonds. The number of fused-ring (bicyclic) bond motifs is 1. The van der Waals surface area contributed by atoms with Gasteiger partial charge >= 0.3 is 0 Å². The molecule has 0 N–H and O–H groups in total. The molecule has 1 aromatic carbocycles. The Labute approximate surface area is 115 Å². The fourth-order valence-corrected chi connectivity index (χ4v) is 3.33. The van der Waals surface area contributed by atoms with Gasteiger partial charge in [-0.1, -0.05) is 23.7 Å². The molecule has 1 aliphatic heterocycles. The monoisotopic (exact) mass is 277 g/mol. The van der Waals surface area contributed by atoms with Crippen LogP contribution in [0.2, 0.25) is 5.02 Å². The van der Waals surface area contributed by atoms with Gasteiger partial charge in [0.05, 0.1) is 10.6 Å². The third-order valence-corrected chi connectivity index (χ3v) is 4.55. The number of rotatable bonds is 1. The summed E-state index contributed by atoms with van der Waals surface area (Å²) in [5.74, 6) is 0.0254. The molecule has 1 aromatic heterocycles. The summed E-state index contributed by atoms with van der Waals surface area (Å²) in [6.45, 7) is 1.47. The van der Waals surface area contributed by atoms with Crippen LogP contribution in [0.5, 0.6) is 0 Å². The van der Waals surface area contributed by atoms with E-state index in [9.17, 15) is 4.79 Å². The number of amides is 1. The van der Waals surface area contributed by atoms with Crippen LogP contribution in [0.15, 0.2) is 35.7 Å². The molecule has 3 rings (SSSR count). The number of carbonyl (C=O) groups excluding carboxylic acids is 1. The second kappa shape index (κ2) is 4.75. The molecule has 0 aliphatic carbocycles. The second-order valence-electron chi connectivity index (χ2n) is 4.33. The van der Waals surface area contributed by atoms with Crippen molar-refractivity contribution in [3.63, 3.8) is 0 Å². The summed E-state index contributed by atoms with van der Waals surface area (Å²) in [6, 6.07) is 9.33. The molecule has 0 spiro atoms. The SMILES string of the molecule is O=C(c1ccccc1Cl)N1CCc2sccc2C1. The van der Waals surface area contributed by atoms with Crippen LogP contribution in [0.3, 0.4) is 0 Å². The van der Waals surface area contributed by atoms with Gasteiger partial charge in [-0.05, 0) is 35.6 Å². The normalized spacial score (nSPS) is 14.4. The lowest BCUT2D eigenvalue weighted by atomic mass is 10.1. The zero-order chi connectivity index (χ0) is 12.5. The first-order chi connectivity index (χ1) is 8.75. The van der Waals surface area contributed by atoms with Crippen LogP contribution in [-0.4, -0.2) is 17.4 Å². The molecule has 0 saturated carbocycles. The van der Waals surface area contributed by atoms with Crippen LogP contribution in [0.4, 0.5) is 0 Å². The Morgan fingerprint density at radius 3 is 2.94 bits per heavy atom. The fraction of sp³-hybridized carbons (Fsp3) is 0.214. The highest BCUT2D eigenvalue weighted by molar-refractivity contribution is 7.10. The van der Waals surface area contributed by atoms with Gasteiger partial charge in [-0.15, -0.1) is 11.3 Å². The van der Waals surface area contributed by atoms with Crippen LogP contribution < -0.4 is 0 Å². The van der Waals surface area contributed by atoms with E-state index in [-0.39, 0.29) is 5.91 Å². The first-order valence-corrected chi connectivity index (χ1v) is 7.10. The Balaban J connectivity index is 1.85. The highest BCUT2D eigenvalue weighted by Gasteiger charge is 2.23. The largest absolute Gasteiger partial charge is 0.334 e. The summed E-state index contributed by atoms with van der Waals surface area (Å²) in [5.41, 5.74) is 1.87. The average molecular weight is 278 g/mol. The lowest BCUT2D eigenvalue weighted by Gasteiger charge is -2.27. The van der Waals surface area contributed by atoms with Crippen LogP contribution in [0.25, 0.3) is 0 Å². The second-order valence-corrected chi connectivity index (χ2v) is 5.73. The maximum atomic E-state index is 12.4. The molecular weight excluding hydrogens is 266 g/mol. The van der Waals surface area contributed by atoms with E-state index in [0.29, 0.717) is 17.1 Å². The van der Waals surface area contributed by atoms with E-state index in [0.717, 1.165) is 13.0 Å². The zero-order valence-electron chi connectivity index (χ0n) is 9.73. The minimum Gasteiger partial charge on any atom is -0.334 e. The fourth-order valence-electron chi connectivity index (χ4n) is 2.23. The van der Waals surface area contributed by atoms with Crippen LogP contribution in [-0.2, 0) is 13.0 Å². The van der Waals surface area contributed by atoms with Crippen molar-refractivity contribution in [1.29, 1.82) is 0 Å².